The number of carbonyl (C=O) groups excluding carboxylic acids is 1. The molecule has 0 saturated carbocycles. The fraction of sp³-hybridized carbons (Fsp3) is 0.280. The Morgan fingerprint density at radius 1 is 1.00 bits per heavy atom. The van der Waals surface area contributed by atoms with Crippen LogP contribution >= 0.6 is 0 Å². The standard InChI is InChI=1S/C23H20N4O2.C2H6/c24-14-15-1-3-16(4-2-15)21-13-18-11-17-12-19(27-9-7-25-8-10-27)5-6-20(17)26-23(28)22(18)29-21;1-2/h1-6,12-13,25H,7-11H2,(H,26,28);1-2H3. The van der Waals surface area contributed by atoms with Crippen LogP contribution in [-0.4, -0.2) is 32.1 Å². The number of piperazine rings is 1. The topological polar surface area (TPSA) is 81.3 Å². The smallest absolute Gasteiger partial charge is 0.291 e. The Balaban J connectivity index is 0.00000112. The van der Waals surface area contributed by atoms with E-state index >= 15 is 0 Å². The SMILES string of the molecule is CC.N#Cc1ccc(-c2cc3c(o2)C(=O)Nc2ccc(N4CCNCC4)cc2C3)cc1. The Kier molecular flexibility index (Phi) is 6.06. The predicted molar refractivity (Wildman–Crippen MR) is 122 cm³/mol. The minimum atomic E-state index is -0.228. The summed E-state index contributed by atoms with van der Waals surface area (Å²) in [6.07, 6.45) is 0.628. The fourth-order valence-corrected chi connectivity index (χ4v) is 3.96. The quantitative estimate of drug-likeness (QED) is 0.649. The maximum absolute atomic E-state index is 12.7. The van der Waals surface area contributed by atoms with Crippen molar-refractivity contribution in [2.45, 2.75) is 20.3 Å². The number of benzene rings is 2. The molecule has 0 aliphatic carbocycles. The van der Waals surface area contributed by atoms with Crippen molar-refractivity contribution in [2.24, 2.45) is 0 Å². The molecule has 31 heavy (non-hydrogen) atoms. The van der Waals surface area contributed by atoms with E-state index in [0.717, 1.165) is 48.6 Å². The monoisotopic (exact) mass is 414 g/mol. The highest BCUT2D eigenvalue weighted by molar-refractivity contribution is 6.05. The van der Waals surface area contributed by atoms with Gasteiger partial charge in [-0.05, 0) is 54.1 Å². The van der Waals surface area contributed by atoms with Gasteiger partial charge in [-0.3, -0.25) is 4.79 Å². The Morgan fingerprint density at radius 2 is 1.74 bits per heavy atom. The molecule has 0 atom stereocenters. The Bertz CT molecular complexity index is 1120. The van der Waals surface area contributed by atoms with Gasteiger partial charge < -0.3 is 20.0 Å². The van der Waals surface area contributed by atoms with Gasteiger partial charge in [0.15, 0.2) is 5.76 Å². The second kappa shape index (κ2) is 9.07. The van der Waals surface area contributed by atoms with Crippen molar-refractivity contribution in [2.75, 3.05) is 36.4 Å². The van der Waals surface area contributed by atoms with Crippen LogP contribution in [0.3, 0.4) is 0 Å². The maximum atomic E-state index is 12.7. The van der Waals surface area contributed by atoms with Crippen LogP contribution in [0.25, 0.3) is 11.3 Å². The predicted octanol–water partition coefficient (Wildman–Crippen LogP) is 4.41. The van der Waals surface area contributed by atoms with Crippen LogP contribution < -0.4 is 15.5 Å². The van der Waals surface area contributed by atoms with Gasteiger partial charge in [0.05, 0.1) is 11.6 Å². The third kappa shape index (κ3) is 4.18. The second-order valence-electron chi connectivity index (χ2n) is 7.36. The molecule has 0 spiro atoms. The zero-order valence-electron chi connectivity index (χ0n) is 17.9. The maximum Gasteiger partial charge on any atom is 0.291 e. The summed E-state index contributed by atoms with van der Waals surface area (Å²) in [5.41, 5.74) is 5.41. The first kappa shape index (κ1) is 20.7. The molecule has 1 saturated heterocycles. The highest BCUT2D eigenvalue weighted by atomic mass is 16.4. The van der Waals surface area contributed by atoms with E-state index in [0.29, 0.717) is 23.5 Å². The molecule has 3 aromatic rings. The Hall–Kier alpha value is -3.56. The number of hydrogen-bond donors (Lipinski definition) is 2. The first-order chi connectivity index (χ1) is 15.2. The zero-order chi connectivity index (χ0) is 21.8. The van der Waals surface area contributed by atoms with Crippen molar-refractivity contribution in [3.8, 4) is 17.4 Å². The third-order valence-electron chi connectivity index (χ3n) is 5.51. The van der Waals surface area contributed by atoms with Crippen LogP contribution in [0.2, 0.25) is 0 Å². The van der Waals surface area contributed by atoms with Gasteiger partial charge in [-0.15, -0.1) is 0 Å². The highest BCUT2D eigenvalue weighted by Gasteiger charge is 2.25. The number of nitrogens with zero attached hydrogens (tertiary/aromatic N) is 2. The van der Waals surface area contributed by atoms with Gasteiger partial charge in [-0.25, -0.2) is 0 Å². The molecule has 6 nitrogen and oxygen atoms in total. The van der Waals surface area contributed by atoms with E-state index in [9.17, 15) is 4.79 Å². The summed E-state index contributed by atoms with van der Waals surface area (Å²) < 4.78 is 5.92. The lowest BCUT2D eigenvalue weighted by atomic mass is 10.0. The molecule has 2 aliphatic rings. The Morgan fingerprint density at radius 3 is 2.45 bits per heavy atom. The minimum absolute atomic E-state index is 0.228. The van der Waals surface area contributed by atoms with Crippen LogP contribution in [0, 0.1) is 11.3 Å². The van der Waals surface area contributed by atoms with Crippen LogP contribution in [0.1, 0.15) is 41.1 Å². The van der Waals surface area contributed by atoms with E-state index in [1.165, 1.54) is 5.69 Å². The zero-order valence-corrected chi connectivity index (χ0v) is 17.9. The third-order valence-corrected chi connectivity index (χ3v) is 5.51. The number of carbonyl (C=O) groups is 1. The van der Waals surface area contributed by atoms with Crippen molar-refractivity contribution in [3.05, 3.63) is 71.0 Å². The number of anilines is 2. The number of furan rings is 1. The van der Waals surface area contributed by atoms with Crippen LogP contribution in [0.4, 0.5) is 11.4 Å². The summed E-state index contributed by atoms with van der Waals surface area (Å²) in [5.74, 6) is 0.759. The molecule has 5 rings (SSSR count). The van der Waals surface area contributed by atoms with Gasteiger partial charge in [-0.1, -0.05) is 13.8 Å². The molecule has 0 unspecified atom stereocenters. The van der Waals surface area contributed by atoms with Crippen LogP contribution in [0.15, 0.2) is 52.9 Å². The van der Waals surface area contributed by atoms with E-state index in [-0.39, 0.29) is 5.91 Å². The summed E-state index contributed by atoms with van der Waals surface area (Å²) >= 11 is 0. The summed E-state index contributed by atoms with van der Waals surface area (Å²) in [7, 11) is 0. The number of hydrogen-bond acceptors (Lipinski definition) is 5. The van der Waals surface area contributed by atoms with E-state index in [1.807, 2.05) is 38.1 Å². The largest absolute Gasteiger partial charge is 0.451 e. The average Bonchev–Trinajstić information content (AvgIpc) is 3.20. The van der Waals surface area contributed by atoms with Gasteiger partial charge in [0.2, 0.25) is 0 Å². The van der Waals surface area contributed by atoms with Crippen molar-refractivity contribution in [1.29, 1.82) is 5.26 Å². The molecule has 2 N–H and O–H groups in total. The molecule has 3 heterocycles. The highest BCUT2D eigenvalue weighted by Crippen LogP contribution is 2.34. The Labute approximate surface area is 182 Å². The van der Waals surface area contributed by atoms with Gasteiger partial charge in [0.1, 0.15) is 5.76 Å². The number of rotatable bonds is 2. The molecular formula is C25H26N4O2. The lowest BCUT2D eigenvalue weighted by Gasteiger charge is -2.30. The molecule has 1 aromatic heterocycles. The summed E-state index contributed by atoms with van der Waals surface area (Å²) in [4.78, 5) is 15.1. The van der Waals surface area contributed by atoms with Crippen molar-refractivity contribution >= 4 is 17.3 Å². The normalized spacial score (nSPS) is 14.9. The molecular weight excluding hydrogens is 388 g/mol. The van der Waals surface area contributed by atoms with Crippen LogP contribution in [-0.2, 0) is 6.42 Å². The number of nitriles is 1. The van der Waals surface area contributed by atoms with Gasteiger partial charge in [0, 0.05) is 55.1 Å². The fourth-order valence-electron chi connectivity index (χ4n) is 3.96. The molecule has 158 valence electrons. The van der Waals surface area contributed by atoms with Gasteiger partial charge in [-0.2, -0.15) is 5.26 Å². The molecule has 1 amide bonds. The summed E-state index contributed by atoms with van der Waals surface area (Å²) in [6.45, 7) is 7.91. The first-order valence-corrected chi connectivity index (χ1v) is 10.7. The number of amides is 1. The summed E-state index contributed by atoms with van der Waals surface area (Å²) in [6, 6.07) is 17.4. The number of fused-ring (bicyclic) bond motifs is 2. The molecule has 0 radical (unpaired) electrons. The summed E-state index contributed by atoms with van der Waals surface area (Å²) in [5, 5.41) is 15.3. The van der Waals surface area contributed by atoms with E-state index in [1.54, 1.807) is 12.1 Å². The van der Waals surface area contributed by atoms with Gasteiger partial charge in [0.25, 0.3) is 5.91 Å². The first-order valence-electron chi connectivity index (χ1n) is 10.7. The molecule has 2 aromatic carbocycles. The lowest BCUT2D eigenvalue weighted by Crippen LogP contribution is -2.43. The molecule has 2 aliphatic heterocycles. The molecule has 1 fully saturated rings. The average molecular weight is 415 g/mol. The van der Waals surface area contributed by atoms with Crippen LogP contribution in [0.5, 0.6) is 0 Å². The number of nitrogens with one attached hydrogen (secondary N) is 2. The van der Waals surface area contributed by atoms with E-state index in [4.69, 9.17) is 9.68 Å². The van der Waals surface area contributed by atoms with Crippen molar-refractivity contribution in [3.63, 3.8) is 0 Å². The van der Waals surface area contributed by atoms with Gasteiger partial charge >= 0.3 is 0 Å². The van der Waals surface area contributed by atoms with Crippen molar-refractivity contribution in [1.82, 2.24) is 5.32 Å². The minimum Gasteiger partial charge on any atom is -0.451 e. The lowest BCUT2D eigenvalue weighted by molar-refractivity contribution is 0.0997. The van der Waals surface area contributed by atoms with E-state index < -0.39 is 0 Å². The molecule has 0 bridgehead atoms. The van der Waals surface area contributed by atoms with Crippen molar-refractivity contribution < 1.29 is 9.21 Å². The second-order valence-corrected chi connectivity index (χ2v) is 7.36. The van der Waals surface area contributed by atoms with E-state index in [2.05, 4.69) is 33.7 Å². The molecule has 6 heteroatoms.